The maximum Gasteiger partial charge on any atom is 0.228 e. The van der Waals surface area contributed by atoms with Crippen LogP contribution in [-0.2, 0) is 4.79 Å². The van der Waals surface area contributed by atoms with Crippen molar-refractivity contribution in [3.63, 3.8) is 0 Å². The quantitative estimate of drug-likeness (QED) is 0.530. The molecule has 1 saturated carbocycles. The van der Waals surface area contributed by atoms with Crippen LogP contribution in [0.4, 0.5) is 5.82 Å². The van der Waals surface area contributed by atoms with E-state index in [1.807, 2.05) is 36.4 Å². The molecule has 4 aromatic heterocycles. The summed E-state index contributed by atoms with van der Waals surface area (Å²) in [6.07, 6.45) is 7.11. The van der Waals surface area contributed by atoms with Crippen LogP contribution in [0.3, 0.4) is 0 Å². The first-order valence-electron chi connectivity index (χ1n) is 10.1. The highest BCUT2D eigenvalue weighted by Crippen LogP contribution is 2.33. The highest BCUT2D eigenvalue weighted by Gasteiger charge is 2.29. The minimum absolute atomic E-state index is 0.0227. The van der Waals surface area contributed by atoms with E-state index in [4.69, 9.17) is 0 Å². The van der Waals surface area contributed by atoms with Crippen molar-refractivity contribution in [3.05, 3.63) is 48.2 Å². The van der Waals surface area contributed by atoms with Crippen LogP contribution in [0.15, 0.2) is 36.9 Å². The van der Waals surface area contributed by atoms with Crippen LogP contribution < -0.4 is 5.32 Å². The molecule has 8 heteroatoms. The molecule has 0 saturated heterocycles. The third kappa shape index (κ3) is 3.19. The number of carbonyl (C=O) groups is 1. The zero-order chi connectivity index (χ0) is 20.8. The summed E-state index contributed by atoms with van der Waals surface area (Å²) < 4.78 is 1.90. The molecule has 0 radical (unpaired) electrons. The van der Waals surface area contributed by atoms with Crippen molar-refractivity contribution in [3.8, 4) is 11.1 Å². The first-order chi connectivity index (χ1) is 14.5. The number of nitrogens with zero attached hydrogens (tertiary/aromatic N) is 5. The van der Waals surface area contributed by atoms with Gasteiger partial charge in [0.25, 0.3) is 0 Å². The Labute approximate surface area is 173 Å². The minimum Gasteiger partial charge on any atom is -0.387 e. The van der Waals surface area contributed by atoms with E-state index >= 15 is 0 Å². The molecule has 152 valence electrons. The Kier molecular flexibility index (Phi) is 4.43. The van der Waals surface area contributed by atoms with Crippen LogP contribution in [0.2, 0.25) is 0 Å². The summed E-state index contributed by atoms with van der Waals surface area (Å²) in [5.41, 5.74) is 5.03. The van der Waals surface area contributed by atoms with E-state index < -0.39 is 6.10 Å². The third-order valence-electron chi connectivity index (χ3n) is 5.61. The molecule has 2 N–H and O–H groups in total. The van der Waals surface area contributed by atoms with Gasteiger partial charge in [-0.05, 0) is 43.9 Å². The monoisotopic (exact) mass is 402 g/mol. The number of anilines is 1. The van der Waals surface area contributed by atoms with E-state index in [-0.39, 0.29) is 11.8 Å². The van der Waals surface area contributed by atoms with Crippen molar-refractivity contribution in [2.75, 3.05) is 5.32 Å². The number of hydrogen-bond donors (Lipinski definition) is 2. The topological polar surface area (TPSA) is 105 Å². The molecular formula is C22H22N6O2. The van der Waals surface area contributed by atoms with Gasteiger partial charge in [-0.3, -0.25) is 14.2 Å². The molecule has 1 aliphatic carbocycles. The lowest BCUT2D eigenvalue weighted by Crippen LogP contribution is -2.14. The van der Waals surface area contributed by atoms with Crippen molar-refractivity contribution in [1.29, 1.82) is 0 Å². The predicted molar refractivity (Wildman–Crippen MR) is 113 cm³/mol. The molecule has 0 spiro atoms. The summed E-state index contributed by atoms with van der Waals surface area (Å²) >= 11 is 0. The number of amides is 1. The number of fused-ring (bicyclic) bond motifs is 3. The maximum atomic E-state index is 12.1. The second-order valence-corrected chi connectivity index (χ2v) is 7.82. The molecule has 30 heavy (non-hydrogen) atoms. The second kappa shape index (κ2) is 7.14. The Morgan fingerprint density at radius 3 is 2.80 bits per heavy atom. The summed E-state index contributed by atoms with van der Waals surface area (Å²) in [5.74, 6) is 0.664. The molecule has 0 bridgehead atoms. The Bertz CT molecular complexity index is 1280. The molecule has 4 aromatic rings. The van der Waals surface area contributed by atoms with Crippen LogP contribution in [-0.4, -0.2) is 35.6 Å². The standard InChI is InChI=1S/C22H22N6O2/c1-3-19(29)17-6-12(2)16(10-23-17)15-7-14-9-24-20(26-22(30)13-4-5-13)8-18(14)28-11-25-27-21(15)28/h6-11,13,19,29H,3-5H2,1-2H3,(H,24,26,30)/t19-/m0/s1. The highest BCUT2D eigenvalue weighted by molar-refractivity contribution is 5.96. The van der Waals surface area contributed by atoms with Gasteiger partial charge in [-0.15, -0.1) is 10.2 Å². The molecule has 1 atom stereocenters. The maximum absolute atomic E-state index is 12.1. The number of aryl methyl sites for hydroxylation is 1. The Hall–Kier alpha value is -3.39. The first-order valence-corrected chi connectivity index (χ1v) is 10.1. The lowest BCUT2D eigenvalue weighted by Gasteiger charge is -2.13. The normalized spacial score (nSPS) is 14.9. The highest BCUT2D eigenvalue weighted by atomic mass is 16.3. The largest absolute Gasteiger partial charge is 0.387 e. The van der Waals surface area contributed by atoms with E-state index in [1.165, 1.54) is 0 Å². The van der Waals surface area contributed by atoms with E-state index in [1.54, 1.807) is 18.7 Å². The van der Waals surface area contributed by atoms with E-state index in [0.29, 0.717) is 23.6 Å². The average Bonchev–Trinajstić information content (AvgIpc) is 3.49. The fourth-order valence-electron chi connectivity index (χ4n) is 3.68. The van der Waals surface area contributed by atoms with Gasteiger partial charge in [0.15, 0.2) is 5.65 Å². The first kappa shape index (κ1) is 18.6. The van der Waals surface area contributed by atoms with Gasteiger partial charge in [0.2, 0.25) is 5.91 Å². The van der Waals surface area contributed by atoms with Crippen LogP contribution in [0.1, 0.15) is 43.5 Å². The van der Waals surface area contributed by atoms with Crippen molar-refractivity contribution in [1.82, 2.24) is 24.6 Å². The minimum atomic E-state index is -0.573. The average molecular weight is 402 g/mol. The molecule has 1 aliphatic rings. The summed E-state index contributed by atoms with van der Waals surface area (Å²) in [4.78, 5) is 21.0. The van der Waals surface area contributed by atoms with Crippen LogP contribution in [0.5, 0.6) is 0 Å². The third-order valence-corrected chi connectivity index (χ3v) is 5.61. The number of hydrogen-bond acceptors (Lipinski definition) is 6. The number of aromatic nitrogens is 5. The summed E-state index contributed by atoms with van der Waals surface area (Å²) in [6.45, 7) is 3.92. The second-order valence-electron chi connectivity index (χ2n) is 7.82. The van der Waals surface area contributed by atoms with Gasteiger partial charge >= 0.3 is 0 Å². The molecule has 8 nitrogen and oxygen atoms in total. The predicted octanol–water partition coefficient (Wildman–Crippen LogP) is 3.44. The van der Waals surface area contributed by atoms with Crippen molar-refractivity contribution < 1.29 is 9.90 Å². The Balaban J connectivity index is 1.61. The number of pyridine rings is 3. The van der Waals surface area contributed by atoms with E-state index in [9.17, 15) is 9.90 Å². The summed E-state index contributed by atoms with van der Waals surface area (Å²) in [5, 5.41) is 22.3. The van der Waals surface area contributed by atoms with Gasteiger partial charge in [0, 0.05) is 40.9 Å². The Morgan fingerprint density at radius 1 is 1.23 bits per heavy atom. The van der Waals surface area contributed by atoms with Crippen LogP contribution >= 0.6 is 0 Å². The zero-order valence-corrected chi connectivity index (χ0v) is 16.8. The molecule has 5 rings (SSSR count). The fourth-order valence-corrected chi connectivity index (χ4v) is 3.68. The lowest BCUT2D eigenvalue weighted by atomic mass is 10.0. The van der Waals surface area contributed by atoms with E-state index in [0.717, 1.165) is 40.4 Å². The Morgan fingerprint density at radius 2 is 2.07 bits per heavy atom. The number of carbonyl (C=O) groups excluding carboxylic acids is 1. The van der Waals surface area contributed by atoms with Crippen molar-refractivity contribution in [2.45, 2.75) is 39.2 Å². The number of aliphatic hydroxyl groups excluding tert-OH is 1. The lowest BCUT2D eigenvalue weighted by molar-refractivity contribution is -0.117. The van der Waals surface area contributed by atoms with Gasteiger partial charge in [-0.1, -0.05) is 6.92 Å². The molecule has 1 fully saturated rings. The SMILES string of the molecule is CC[C@H](O)c1cc(C)c(-c2cc3cnc(NC(=O)C4CC4)cc3n3cnnc23)cn1. The van der Waals surface area contributed by atoms with Crippen LogP contribution in [0.25, 0.3) is 27.7 Å². The smallest absolute Gasteiger partial charge is 0.228 e. The number of rotatable bonds is 5. The molecule has 0 unspecified atom stereocenters. The zero-order valence-electron chi connectivity index (χ0n) is 16.8. The summed E-state index contributed by atoms with van der Waals surface area (Å²) in [6, 6.07) is 5.77. The molecule has 0 aromatic carbocycles. The summed E-state index contributed by atoms with van der Waals surface area (Å²) in [7, 11) is 0. The van der Waals surface area contributed by atoms with Crippen molar-refractivity contribution in [2.24, 2.45) is 5.92 Å². The molecule has 4 heterocycles. The molecular weight excluding hydrogens is 380 g/mol. The van der Waals surface area contributed by atoms with Gasteiger partial charge in [0.05, 0.1) is 17.3 Å². The van der Waals surface area contributed by atoms with Crippen molar-refractivity contribution >= 4 is 28.3 Å². The van der Waals surface area contributed by atoms with E-state index in [2.05, 4.69) is 25.5 Å². The van der Waals surface area contributed by atoms with Gasteiger partial charge < -0.3 is 10.4 Å². The van der Waals surface area contributed by atoms with Gasteiger partial charge in [0.1, 0.15) is 12.1 Å². The van der Waals surface area contributed by atoms with Gasteiger partial charge in [-0.2, -0.15) is 0 Å². The van der Waals surface area contributed by atoms with Crippen LogP contribution in [0, 0.1) is 12.8 Å². The fraction of sp³-hybridized carbons (Fsp3) is 0.318. The number of aliphatic hydroxyl groups is 1. The molecule has 1 amide bonds. The van der Waals surface area contributed by atoms with Gasteiger partial charge in [-0.25, -0.2) is 4.98 Å². The molecule has 0 aliphatic heterocycles. The number of nitrogens with one attached hydrogen (secondary N) is 1.